The number of hydrogen-bond acceptors (Lipinski definition) is 3. The molecule has 3 unspecified atom stereocenters. The first-order valence-corrected chi connectivity index (χ1v) is 6.91. The quantitative estimate of drug-likeness (QED) is 0.879. The van der Waals surface area contributed by atoms with Crippen molar-refractivity contribution >= 4 is 17.5 Å². The number of primary amides is 1. The molecule has 0 aromatic heterocycles. The summed E-state index contributed by atoms with van der Waals surface area (Å²) in [6, 6.07) is 7.77. The molecule has 1 aromatic rings. The molecule has 1 saturated heterocycles. The predicted octanol–water partition coefficient (Wildman–Crippen LogP) is 1.54. The minimum atomic E-state index is -0.225. The maximum atomic E-state index is 11.3. The van der Waals surface area contributed by atoms with Crippen LogP contribution in [0.25, 0.3) is 0 Å². The molecule has 1 aromatic carbocycles. The zero-order chi connectivity index (χ0) is 14.0. The Hall–Kier alpha value is -1.10. The molecule has 0 aliphatic carbocycles. The molecule has 1 aliphatic heterocycles. The Morgan fingerprint density at radius 3 is 2.79 bits per heavy atom. The van der Waals surface area contributed by atoms with Crippen LogP contribution < -0.4 is 11.5 Å². The fraction of sp³-hybridized carbons (Fsp3) is 0.500. The lowest BCUT2D eigenvalue weighted by molar-refractivity contribution is -0.121. The highest BCUT2D eigenvalue weighted by molar-refractivity contribution is 6.30. The van der Waals surface area contributed by atoms with Crippen LogP contribution in [0.4, 0.5) is 0 Å². The summed E-state index contributed by atoms with van der Waals surface area (Å²) >= 11 is 6.05. The number of hydrogen-bond donors (Lipinski definition) is 2. The molecule has 5 heteroatoms. The average molecular weight is 282 g/mol. The summed E-state index contributed by atoms with van der Waals surface area (Å²) in [5, 5.41) is 0.703. The maximum absolute atomic E-state index is 11.3. The molecule has 19 heavy (non-hydrogen) atoms. The summed E-state index contributed by atoms with van der Waals surface area (Å²) in [4.78, 5) is 13.5. The Kier molecular flexibility index (Phi) is 4.45. The van der Waals surface area contributed by atoms with Crippen molar-refractivity contribution in [1.82, 2.24) is 4.90 Å². The van der Waals surface area contributed by atoms with Gasteiger partial charge < -0.3 is 11.5 Å². The Morgan fingerprint density at radius 2 is 2.26 bits per heavy atom. The standard InChI is InChI=1S/C14H20ClN3O/c1-9(16)13(10-3-2-4-12(15)7-10)18-6-5-11(8-18)14(17)19/h2-4,7,9,11,13H,5-6,8,16H2,1H3,(H2,17,19). The highest BCUT2D eigenvalue weighted by Crippen LogP contribution is 2.30. The van der Waals surface area contributed by atoms with Gasteiger partial charge >= 0.3 is 0 Å². The van der Waals surface area contributed by atoms with Gasteiger partial charge in [-0.1, -0.05) is 23.7 Å². The highest BCUT2D eigenvalue weighted by Gasteiger charge is 2.33. The summed E-state index contributed by atoms with van der Waals surface area (Å²) in [6.45, 7) is 3.49. The second kappa shape index (κ2) is 5.90. The Morgan fingerprint density at radius 1 is 1.53 bits per heavy atom. The van der Waals surface area contributed by atoms with E-state index in [2.05, 4.69) is 4.90 Å². The van der Waals surface area contributed by atoms with E-state index in [1.807, 2.05) is 31.2 Å². The molecule has 104 valence electrons. The molecule has 4 N–H and O–H groups in total. The van der Waals surface area contributed by atoms with Crippen molar-refractivity contribution in [3.05, 3.63) is 34.9 Å². The maximum Gasteiger partial charge on any atom is 0.221 e. The van der Waals surface area contributed by atoms with E-state index in [1.165, 1.54) is 0 Å². The number of carbonyl (C=O) groups excluding carboxylic acids is 1. The number of likely N-dealkylation sites (tertiary alicyclic amines) is 1. The van der Waals surface area contributed by atoms with Crippen LogP contribution in [0.2, 0.25) is 5.02 Å². The topological polar surface area (TPSA) is 72.3 Å². The van der Waals surface area contributed by atoms with Crippen LogP contribution >= 0.6 is 11.6 Å². The molecule has 0 spiro atoms. The third-order valence-electron chi connectivity index (χ3n) is 3.70. The van der Waals surface area contributed by atoms with E-state index < -0.39 is 0 Å². The highest BCUT2D eigenvalue weighted by atomic mass is 35.5. The smallest absolute Gasteiger partial charge is 0.221 e. The number of amides is 1. The number of halogens is 1. The first-order valence-electron chi connectivity index (χ1n) is 6.53. The SMILES string of the molecule is CC(N)C(c1cccc(Cl)c1)N1CCC(C(N)=O)C1. The van der Waals surface area contributed by atoms with Gasteiger partial charge in [-0.25, -0.2) is 0 Å². The Labute approximate surface area is 118 Å². The van der Waals surface area contributed by atoms with Gasteiger partial charge in [0, 0.05) is 23.7 Å². The van der Waals surface area contributed by atoms with Crippen molar-refractivity contribution in [1.29, 1.82) is 0 Å². The number of carbonyl (C=O) groups is 1. The van der Waals surface area contributed by atoms with Crippen molar-refractivity contribution < 1.29 is 4.79 Å². The average Bonchev–Trinajstić information content (AvgIpc) is 2.78. The molecule has 4 nitrogen and oxygen atoms in total. The first-order chi connectivity index (χ1) is 8.99. The van der Waals surface area contributed by atoms with Gasteiger partial charge in [0.15, 0.2) is 0 Å². The first kappa shape index (κ1) is 14.3. The van der Waals surface area contributed by atoms with E-state index in [0.29, 0.717) is 11.6 Å². The van der Waals surface area contributed by atoms with Gasteiger partial charge in [-0.05, 0) is 37.6 Å². The summed E-state index contributed by atoms with van der Waals surface area (Å²) in [6.07, 6.45) is 0.805. The minimum Gasteiger partial charge on any atom is -0.369 e. The van der Waals surface area contributed by atoms with Gasteiger partial charge in [-0.15, -0.1) is 0 Å². The van der Waals surface area contributed by atoms with Gasteiger partial charge in [0.2, 0.25) is 5.91 Å². The number of nitrogens with zero attached hydrogens (tertiary/aromatic N) is 1. The number of benzene rings is 1. The fourth-order valence-electron chi connectivity index (χ4n) is 2.81. The molecule has 3 atom stereocenters. The molecule has 1 fully saturated rings. The summed E-state index contributed by atoms with van der Waals surface area (Å²) < 4.78 is 0. The summed E-state index contributed by atoms with van der Waals surface area (Å²) in [5.74, 6) is -0.294. The minimum absolute atomic E-state index is 0.0370. The third-order valence-corrected chi connectivity index (χ3v) is 3.94. The monoisotopic (exact) mass is 281 g/mol. The Balaban J connectivity index is 2.20. The Bertz CT molecular complexity index is 464. The molecule has 2 rings (SSSR count). The van der Waals surface area contributed by atoms with Crippen molar-refractivity contribution in [2.24, 2.45) is 17.4 Å². The van der Waals surface area contributed by atoms with E-state index in [4.69, 9.17) is 23.1 Å². The van der Waals surface area contributed by atoms with Crippen LogP contribution in [0.5, 0.6) is 0 Å². The number of rotatable bonds is 4. The van der Waals surface area contributed by atoms with Gasteiger partial charge in [-0.3, -0.25) is 9.69 Å². The van der Waals surface area contributed by atoms with E-state index in [9.17, 15) is 4.79 Å². The molecule has 1 aliphatic rings. The van der Waals surface area contributed by atoms with Crippen LogP contribution in [0.3, 0.4) is 0 Å². The lowest BCUT2D eigenvalue weighted by Gasteiger charge is -2.31. The van der Waals surface area contributed by atoms with Crippen LogP contribution in [0.1, 0.15) is 24.9 Å². The molecule has 1 amide bonds. The summed E-state index contributed by atoms with van der Waals surface area (Å²) in [5.41, 5.74) is 12.6. The molecular formula is C14H20ClN3O. The normalized spacial score (nSPS) is 23.2. The zero-order valence-corrected chi connectivity index (χ0v) is 11.8. The van der Waals surface area contributed by atoms with E-state index in [1.54, 1.807) is 0 Å². The molecular weight excluding hydrogens is 262 g/mol. The largest absolute Gasteiger partial charge is 0.369 e. The van der Waals surface area contributed by atoms with Crippen LogP contribution in [0.15, 0.2) is 24.3 Å². The fourth-order valence-corrected chi connectivity index (χ4v) is 3.01. The molecule has 1 heterocycles. The molecule has 0 saturated carbocycles. The van der Waals surface area contributed by atoms with Crippen molar-refractivity contribution in [3.63, 3.8) is 0 Å². The molecule has 0 radical (unpaired) electrons. The number of nitrogens with two attached hydrogens (primary N) is 2. The summed E-state index contributed by atoms with van der Waals surface area (Å²) in [7, 11) is 0. The van der Waals surface area contributed by atoms with E-state index in [0.717, 1.165) is 18.5 Å². The second-order valence-corrected chi connectivity index (χ2v) is 5.68. The van der Waals surface area contributed by atoms with Crippen LogP contribution in [0, 0.1) is 5.92 Å². The van der Waals surface area contributed by atoms with Crippen LogP contribution in [-0.4, -0.2) is 29.9 Å². The zero-order valence-electron chi connectivity index (χ0n) is 11.1. The predicted molar refractivity (Wildman–Crippen MR) is 76.7 cm³/mol. The van der Waals surface area contributed by atoms with Gasteiger partial charge in [0.25, 0.3) is 0 Å². The van der Waals surface area contributed by atoms with E-state index >= 15 is 0 Å². The van der Waals surface area contributed by atoms with Crippen LogP contribution in [-0.2, 0) is 4.79 Å². The van der Waals surface area contributed by atoms with E-state index in [-0.39, 0.29) is 23.9 Å². The second-order valence-electron chi connectivity index (χ2n) is 5.24. The lowest BCUT2D eigenvalue weighted by atomic mass is 9.99. The van der Waals surface area contributed by atoms with Crippen molar-refractivity contribution in [2.75, 3.05) is 13.1 Å². The van der Waals surface area contributed by atoms with Gasteiger partial charge in [-0.2, -0.15) is 0 Å². The third kappa shape index (κ3) is 3.26. The van der Waals surface area contributed by atoms with Crippen molar-refractivity contribution in [2.45, 2.75) is 25.4 Å². The van der Waals surface area contributed by atoms with Gasteiger partial charge in [0.05, 0.1) is 5.92 Å². The molecule has 0 bridgehead atoms. The lowest BCUT2D eigenvalue weighted by Crippen LogP contribution is -2.39. The van der Waals surface area contributed by atoms with Gasteiger partial charge in [0.1, 0.15) is 0 Å². The van der Waals surface area contributed by atoms with Crippen molar-refractivity contribution in [3.8, 4) is 0 Å².